The first-order chi connectivity index (χ1) is 9.90. The summed E-state index contributed by atoms with van der Waals surface area (Å²) in [6, 6.07) is 6.04. The Balaban J connectivity index is 2.49. The van der Waals surface area contributed by atoms with Crippen LogP contribution in [-0.2, 0) is 20.8 Å². The van der Waals surface area contributed by atoms with Crippen LogP contribution in [0, 0.1) is 0 Å². The topological polar surface area (TPSA) is 136 Å². The maximum absolute atomic E-state index is 11.8. The Kier molecular flexibility index (Phi) is 6.19. The number of rotatable bonds is 8. The molecule has 6 N–H and O–H groups in total. The number of aliphatic carboxylic acids is 1. The highest BCUT2D eigenvalue weighted by Gasteiger charge is 2.20. The number of hydrogen-bond donors (Lipinski definition) is 4. The molecule has 1 aromatic carbocycles. The molecule has 0 radical (unpaired) electrons. The van der Waals surface area contributed by atoms with Crippen LogP contribution < -0.4 is 16.8 Å². The minimum absolute atomic E-state index is 0.0239. The standard InChI is InChI=1S/C14H19N3O4/c15-10-4-2-1-3-9(10)5-8-13(19)17-11(14(20)21)6-7-12(16)18/h1-4,11H,5-8,15H2,(H2,16,18)(H,17,19)(H,20,21)/t11-/m1/s1. The van der Waals surface area contributed by atoms with E-state index in [4.69, 9.17) is 16.6 Å². The first-order valence-electron chi connectivity index (χ1n) is 6.54. The number of carboxylic acids is 1. The highest BCUT2D eigenvalue weighted by atomic mass is 16.4. The summed E-state index contributed by atoms with van der Waals surface area (Å²) in [5.74, 6) is -2.20. The predicted molar refractivity (Wildman–Crippen MR) is 77.2 cm³/mol. The number of carboxylic acid groups (broad SMARTS) is 1. The van der Waals surface area contributed by atoms with Gasteiger partial charge in [0.25, 0.3) is 0 Å². The number of para-hydroxylation sites is 1. The average Bonchev–Trinajstić information content (AvgIpc) is 2.42. The molecule has 7 nitrogen and oxygen atoms in total. The highest BCUT2D eigenvalue weighted by molar-refractivity contribution is 5.84. The highest BCUT2D eigenvalue weighted by Crippen LogP contribution is 2.12. The Hall–Kier alpha value is -2.57. The Morgan fingerprint density at radius 3 is 2.43 bits per heavy atom. The molecule has 1 aromatic rings. The van der Waals surface area contributed by atoms with Gasteiger partial charge in [0.15, 0.2) is 0 Å². The number of benzene rings is 1. The van der Waals surface area contributed by atoms with Crippen LogP contribution >= 0.6 is 0 Å². The number of nitrogens with two attached hydrogens (primary N) is 2. The van der Waals surface area contributed by atoms with Crippen molar-refractivity contribution in [2.24, 2.45) is 5.73 Å². The molecule has 2 amide bonds. The van der Waals surface area contributed by atoms with Gasteiger partial charge < -0.3 is 21.9 Å². The quantitative estimate of drug-likeness (QED) is 0.502. The number of carbonyl (C=O) groups excluding carboxylic acids is 2. The van der Waals surface area contributed by atoms with E-state index >= 15 is 0 Å². The molecule has 1 rings (SSSR count). The van der Waals surface area contributed by atoms with Gasteiger partial charge in [-0.2, -0.15) is 0 Å². The van der Waals surface area contributed by atoms with Crippen LogP contribution in [0.4, 0.5) is 5.69 Å². The first kappa shape index (κ1) is 16.5. The van der Waals surface area contributed by atoms with Gasteiger partial charge >= 0.3 is 5.97 Å². The molecule has 0 saturated heterocycles. The number of carbonyl (C=O) groups is 3. The molecule has 21 heavy (non-hydrogen) atoms. The second kappa shape index (κ2) is 7.88. The number of nitrogen functional groups attached to an aromatic ring is 1. The lowest BCUT2D eigenvalue weighted by molar-refractivity contribution is -0.142. The van der Waals surface area contributed by atoms with Crippen LogP contribution in [-0.4, -0.2) is 28.9 Å². The Bertz CT molecular complexity index is 531. The molecular weight excluding hydrogens is 274 g/mol. The lowest BCUT2D eigenvalue weighted by atomic mass is 10.1. The third kappa shape index (κ3) is 5.94. The van der Waals surface area contributed by atoms with E-state index in [-0.39, 0.29) is 19.3 Å². The van der Waals surface area contributed by atoms with E-state index in [0.717, 1.165) is 5.56 Å². The van der Waals surface area contributed by atoms with Crippen molar-refractivity contribution in [1.29, 1.82) is 0 Å². The molecule has 1 atom stereocenters. The largest absolute Gasteiger partial charge is 0.480 e. The van der Waals surface area contributed by atoms with Crippen LogP contribution in [0.3, 0.4) is 0 Å². The van der Waals surface area contributed by atoms with Gasteiger partial charge in [0.05, 0.1) is 0 Å². The normalized spacial score (nSPS) is 11.6. The summed E-state index contributed by atoms with van der Waals surface area (Å²) in [6.45, 7) is 0. The van der Waals surface area contributed by atoms with Gasteiger partial charge in [-0.05, 0) is 24.5 Å². The molecule has 0 fully saturated rings. The number of amides is 2. The molecule has 0 heterocycles. The lowest BCUT2D eigenvalue weighted by Gasteiger charge is -2.14. The molecule has 0 bridgehead atoms. The van der Waals surface area contributed by atoms with Crippen molar-refractivity contribution >= 4 is 23.5 Å². The maximum atomic E-state index is 11.8. The van der Waals surface area contributed by atoms with Gasteiger partial charge in [0.2, 0.25) is 11.8 Å². The van der Waals surface area contributed by atoms with Gasteiger partial charge in [-0.1, -0.05) is 18.2 Å². The molecule has 0 spiro atoms. The first-order valence-corrected chi connectivity index (χ1v) is 6.54. The van der Waals surface area contributed by atoms with Crippen molar-refractivity contribution in [3.8, 4) is 0 Å². The summed E-state index contributed by atoms with van der Waals surface area (Å²) in [7, 11) is 0. The second-order valence-electron chi connectivity index (χ2n) is 4.66. The molecule has 7 heteroatoms. The second-order valence-corrected chi connectivity index (χ2v) is 4.66. The van der Waals surface area contributed by atoms with Crippen LogP contribution in [0.1, 0.15) is 24.8 Å². The van der Waals surface area contributed by atoms with E-state index in [1.807, 2.05) is 12.1 Å². The predicted octanol–water partition coefficient (Wildman–Crippen LogP) is 0.0363. The lowest BCUT2D eigenvalue weighted by Crippen LogP contribution is -2.41. The summed E-state index contributed by atoms with van der Waals surface area (Å²) in [5, 5.41) is 11.4. The fraction of sp³-hybridized carbons (Fsp3) is 0.357. The van der Waals surface area contributed by atoms with Crippen molar-refractivity contribution < 1.29 is 19.5 Å². The van der Waals surface area contributed by atoms with Crippen LogP contribution in [0.5, 0.6) is 0 Å². The Labute approximate surface area is 122 Å². The number of nitrogens with one attached hydrogen (secondary N) is 1. The van der Waals surface area contributed by atoms with Gasteiger partial charge in [-0.25, -0.2) is 4.79 Å². The monoisotopic (exact) mass is 293 g/mol. The third-order valence-electron chi connectivity index (χ3n) is 2.99. The van der Waals surface area contributed by atoms with E-state index in [2.05, 4.69) is 5.32 Å². The maximum Gasteiger partial charge on any atom is 0.326 e. The zero-order valence-electron chi connectivity index (χ0n) is 11.5. The molecule has 0 aromatic heterocycles. The van der Waals surface area contributed by atoms with Crippen molar-refractivity contribution in [1.82, 2.24) is 5.32 Å². The summed E-state index contributed by atoms with van der Waals surface area (Å²) in [6.07, 6.45) is 0.419. The molecule has 0 unspecified atom stereocenters. The van der Waals surface area contributed by atoms with E-state index in [9.17, 15) is 14.4 Å². The van der Waals surface area contributed by atoms with Crippen LogP contribution in [0.25, 0.3) is 0 Å². The smallest absolute Gasteiger partial charge is 0.326 e. The van der Waals surface area contributed by atoms with Gasteiger partial charge in [-0.3, -0.25) is 9.59 Å². The van der Waals surface area contributed by atoms with Crippen LogP contribution in [0.15, 0.2) is 24.3 Å². The number of anilines is 1. The fourth-order valence-electron chi connectivity index (χ4n) is 1.82. The zero-order valence-corrected chi connectivity index (χ0v) is 11.5. The average molecular weight is 293 g/mol. The van der Waals surface area contributed by atoms with Crippen molar-refractivity contribution in [3.63, 3.8) is 0 Å². The Morgan fingerprint density at radius 2 is 1.86 bits per heavy atom. The number of primary amides is 1. The zero-order chi connectivity index (χ0) is 15.8. The van der Waals surface area contributed by atoms with Crippen molar-refractivity contribution in [2.45, 2.75) is 31.7 Å². The minimum Gasteiger partial charge on any atom is -0.480 e. The number of aryl methyl sites for hydroxylation is 1. The van der Waals surface area contributed by atoms with Crippen molar-refractivity contribution in [2.75, 3.05) is 5.73 Å². The minimum atomic E-state index is -1.19. The summed E-state index contributed by atoms with van der Waals surface area (Å²) < 4.78 is 0. The van der Waals surface area contributed by atoms with Crippen molar-refractivity contribution in [3.05, 3.63) is 29.8 Å². The van der Waals surface area contributed by atoms with Gasteiger partial charge in [0, 0.05) is 18.5 Å². The van der Waals surface area contributed by atoms with E-state index in [0.29, 0.717) is 12.1 Å². The third-order valence-corrected chi connectivity index (χ3v) is 2.99. The van der Waals surface area contributed by atoms with Gasteiger partial charge in [-0.15, -0.1) is 0 Å². The molecule has 0 aliphatic carbocycles. The molecular formula is C14H19N3O4. The summed E-state index contributed by atoms with van der Waals surface area (Å²) >= 11 is 0. The van der Waals surface area contributed by atoms with E-state index in [1.54, 1.807) is 12.1 Å². The number of hydrogen-bond acceptors (Lipinski definition) is 4. The molecule has 0 saturated carbocycles. The summed E-state index contributed by atoms with van der Waals surface area (Å²) in [4.78, 5) is 33.4. The van der Waals surface area contributed by atoms with E-state index < -0.39 is 23.8 Å². The SMILES string of the molecule is NC(=O)CC[C@@H](NC(=O)CCc1ccccc1N)C(=O)O. The molecule has 0 aliphatic rings. The Morgan fingerprint density at radius 1 is 1.19 bits per heavy atom. The summed E-state index contributed by atoms with van der Waals surface area (Å²) in [5.41, 5.74) is 12.1. The molecule has 114 valence electrons. The fourth-order valence-corrected chi connectivity index (χ4v) is 1.82. The van der Waals surface area contributed by atoms with Gasteiger partial charge in [0.1, 0.15) is 6.04 Å². The molecule has 0 aliphatic heterocycles. The van der Waals surface area contributed by atoms with E-state index in [1.165, 1.54) is 0 Å². The van der Waals surface area contributed by atoms with Crippen LogP contribution in [0.2, 0.25) is 0 Å².